The molecule has 0 spiro atoms. The van der Waals surface area contributed by atoms with Crippen molar-refractivity contribution in [1.29, 1.82) is 0 Å². The monoisotopic (exact) mass is 1020 g/mol. The number of rotatable bonds is 6. The van der Waals surface area contributed by atoms with Crippen LogP contribution in [0.15, 0.2) is 204 Å². The molecule has 0 atom stereocenters. The zero-order chi connectivity index (χ0) is 51.0. The minimum Gasteiger partial charge on any atom is -0.436 e. The first kappa shape index (κ1) is 50.2. The number of benzene rings is 8. The number of aromatic nitrogens is 4. The van der Waals surface area contributed by atoms with Crippen LogP contribution < -0.4 is 20.9 Å². The molecule has 0 saturated carbocycles. The van der Waals surface area contributed by atoms with Crippen LogP contribution in [0.5, 0.6) is 0 Å². The molecule has 0 saturated heterocycles. The van der Waals surface area contributed by atoms with Crippen molar-refractivity contribution >= 4 is 55.2 Å². The molecule has 8 aromatic carbocycles. The van der Waals surface area contributed by atoms with Crippen LogP contribution >= 0.6 is 0 Å². The van der Waals surface area contributed by atoms with E-state index < -0.39 is 0 Å². The molecule has 0 unspecified atom stereocenters. The number of nitrogens with zero attached hydrogens (tertiary/aromatic N) is 6. The van der Waals surface area contributed by atoms with Gasteiger partial charge in [0.05, 0.1) is 22.7 Å². The molecule has 7 heteroatoms. The normalized spacial score (nSPS) is 11.8. The molecule has 0 aliphatic heterocycles. The molecule has 12 rings (SSSR count). The van der Waals surface area contributed by atoms with Crippen LogP contribution in [0.4, 0.5) is 11.6 Å². The van der Waals surface area contributed by atoms with Crippen molar-refractivity contribution < 1.29 is 19.5 Å². The Morgan fingerprint density at radius 1 is 0.280 bits per heavy atom. The molecule has 0 fully saturated rings. The first-order valence-electron chi connectivity index (χ1n) is 25.3. The first-order valence-corrected chi connectivity index (χ1v) is 25.3. The Morgan fingerprint density at radius 2 is 0.547 bits per heavy atom. The van der Waals surface area contributed by atoms with Crippen molar-refractivity contribution in [2.75, 3.05) is 0 Å². The number of hydrogen-bond donors (Lipinski definition) is 0. The fraction of sp³-hybridized carbons (Fsp3) is 0.118. The molecule has 6 nitrogen and oxygen atoms in total. The van der Waals surface area contributed by atoms with Crippen LogP contribution in [0.2, 0.25) is 0 Å². The average Bonchev–Trinajstić information content (AvgIpc) is 3.38. The number of fused-ring (bicyclic) bond motifs is 4. The zero-order valence-corrected chi connectivity index (χ0v) is 46.8. The molecular formula is C68H56N6Zn. The molecule has 0 radical (unpaired) electrons. The van der Waals surface area contributed by atoms with Gasteiger partial charge in [0.1, 0.15) is 0 Å². The summed E-state index contributed by atoms with van der Waals surface area (Å²) in [6, 6.07) is 67.4. The smallest absolute Gasteiger partial charge is 0.436 e. The maximum absolute atomic E-state index is 4.88. The fourth-order valence-electron chi connectivity index (χ4n) is 10.9. The molecule has 0 amide bonds. The molecule has 0 aliphatic rings. The van der Waals surface area contributed by atoms with E-state index in [-0.39, 0.29) is 19.5 Å². The van der Waals surface area contributed by atoms with Gasteiger partial charge in [-0.25, -0.2) is 0 Å². The van der Waals surface area contributed by atoms with Crippen LogP contribution in [-0.4, -0.2) is 9.97 Å². The molecule has 0 bridgehead atoms. The van der Waals surface area contributed by atoms with Crippen molar-refractivity contribution in [3.8, 4) is 44.5 Å². The van der Waals surface area contributed by atoms with Crippen molar-refractivity contribution in [3.05, 3.63) is 250 Å². The average molecular weight is 1020 g/mol. The fourth-order valence-corrected chi connectivity index (χ4v) is 10.9. The van der Waals surface area contributed by atoms with Crippen molar-refractivity contribution in [2.24, 2.45) is 9.98 Å². The Kier molecular flexibility index (Phi) is 14.2. The van der Waals surface area contributed by atoms with Crippen molar-refractivity contribution in [1.82, 2.24) is 19.9 Å². The summed E-state index contributed by atoms with van der Waals surface area (Å²) >= 11 is 0. The van der Waals surface area contributed by atoms with E-state index in [0.29, 0.717) is 22.6 Å². The van der Waals surface area contributed by atoms with E-state index >= 15 is 0 Å². The van der Waals surface area contributed by atoms with Crippen molar-refractivity contribution in [2.45, 2.75) is 55.4 Å². The summed E-state index contributed by atoms with van der Waals surface area (Å²) in [6.45, 7) is 17.3. The van der Waals surface area contributed by atoms with Gasteiger partial charge < -0.3 is 20.0 Å². The van der Waals surface area contributed by atoms with E-state index in [1.54, 1.807) is 0 Å². The molecule has 0 aliphatic carbocycles. The van der Waals surface area contributed by atoms with Gasteiger partial charge in [0.15, 0.2) is 0 Å². The maximum atomic E-state index is 4.88. The minimum atomic E-state index is 0. The van der Waals surface area contributed by atoms with Gasteiger partial charge in [0, 0.05) is 10.8 Å². The van der Waals surface area contributed by atoms with E-state index in [1.165, 1.54) is 89.0 Å². The van der Waals surface area contributed by atoms with E-state index in [2.05, 4.69) is 225 Å². The molecule has 4 heterocycles. The minimum absolute atomic E-state index is 0. The van der Waals surface area contributed by atoms with Gasteiger partial charge >= 0.3 is 19.5 Å². The summed E-state index contributed by atoms with van der Waals surface area (Å²) < 4.78 is 0. The standard InChI is InChI=1S/2C34H28N3.Zn/c2*1-21-9-5-10-22(2)33(21)27-13-7-15-29-25(27)17-19-31(35-29)37-32-20-18-26-28(14-8-16-30(26)36-32)34-23(3)11-6-12-24(34)4;/h2*5-20H,1-4H3;/q2*-1;+2. The molecule has 360 valence electrons. The van der Waals surface area contributed by atoms with Gasteiger partial charge in [-0.2, -0.15) is 0 Å². The van der Waals surface area contributed by atoms with E-state index in [9.17, 15) is 0 Å². The third-order valence-corrected chi connectivity index (χ3v) is 14.3. The van der Waals surface area contributed by atoms with Crippen LogP contribution in [-0.2, 0) is 19.5 Å². The Labute approximate surface area is 451 Å². The van der Waals surface area contributed by atoms with E-state index in [0.717, 1.165) is 43.6 Å². The summed E-state index contributed by atoms with van der Waals surface area (Å²) in [5, 5.41) is 4.51. The number of hydrogen-bond acceptors (Lipinski definition) is 4. The Balaban J connectivity index is 0.000000169. The third kappa shape index (κ3) is 9.92. The number of pyridine rings is 4. The van der Waals surface area contributed by atoms with Gasteiger partial charge in [0.2, 0.25) is 0 Å². The summed E-state index contributed by atoms with van der Waals surface area (Å²) in [5.74, 6) is 1.31. The number of aryl methyl sites for hydroxylation is 8. The quantitative estimate of drug-likeness (QED) is 0.155. The van der Waals surface area contributed by atoms with Gasteiger partial charge in [-0.1, -0.05) is 181 Å². The SMILES string of the molecule is Cc1cccc(C)c1-c1cccc2nc(N=c3ccc4c(-c5c(C)cccc5C)cccc4[n-]3)ccc12.Cc1cccc(C)c1-c1cccc2nc(N=c3ccc4c(-c5c(C)cccc5C)cccc4[n-]3)ccc12.[Zn+2]. The van der Waals surface area contributed by atoms with E-state index in [1.807, 2.05) is 24.3 Å². The Morgan fingerprint density at radius 3 is 0.867 bits per heavy atom. The molecule has 12 aromatic rings. The molecular weight excluding hydrogens is 966 g/mol. The van der Waals surface area contributed by atoms with Gasteiger partial charge in [-0.15, -0.1) is 0 Å². The Hall–Kier alpha value is -8.38. The predicted octanol–water partition coefficient (Wildman–Crippen LogP) is 16.3. The Bertz CT molecular complexity index is 3950. The predicted molar refractivity (Wildman–Crippen MR) is 308 cm³/mol. The van der Waals surface area contributed by atoms with Crippen LogP contribution in [0.25, 0.3) is 88.1 Å². The van der Waals surface area contributed by atoms with Gasteiger partial charge in [-0.3, -0.25) is 9.97 Å². The van der Waals surface area contributed by atoms with Gasteiger partial charge in [-0.05, 0) is 190 Å². The van der Waals surface area contributed by atoms with Crippen LogP contribution in [0.3, 0.4) is 0 Å². The first-order chi connectivity index (χ1) is 36.0. The summed E-state index contributed by atoms with van der Waals surface area (Å²) in [5.41, 5.74) is 25.1. The van der Waals surface area contributed by atoms with Crippen LogP contribution in [0, 0.1) is 55.4 Å². The van der Waals surface area contributed by atoms with Gasteiger partial charge in [0.25, 0.3) is 0 Å². The molecule has 0 N–H and O–H groups in total. The summed E-state index contributed by atoms with van der Waals surface area (Å²) in [4.78, 5) is 29.1. The van der Waals surface area contributed by atoms with Crippen molar-refractivity contribution in [3.63, 3.8) is 0 Å². The van der Waals surface area contributed by atoms with Crippen LogP contribution in [0.1, 0.15) is 44.5 Å². The second-order valence-electron chi connectivity index (χ2n) is 19.5. The topological polar surface area (TPSA) is 78.7 Å². The summed E-state index contributed by atoms with van der Waals surface area (Å²) in [6.07, 6.45) is 0. The second kappa shape index (κ2) is 21.2. The zero-order valence-electron chi connectivity index (χ0n) is 43.9. The largest absolute Gasteiger partial charge is 2.00 e. The molecule has 4 aromatic heterocycles. The van der Waals surface area contributed by atoms with E-state index in [4.69, 9.17) is 29.9 Å². The molecule has 75 heavy (non-hydrogen) atoms. The summed E-state index contributed by atoms with van der Waals surface area (Å²) in [7, 11) is 0. The second-order valence-corrected chi connectivity index (χ2v) is 19.5. The maximum Gasteiger partial charge on any atom is 2.00 e. The third-order valence-electron chi connectivity index (χ3n) is 14.3.